The summed E-state index contributed by atoms with van der Waals surface area (Å²) in [4.78, 5) is 28.6. The van der Waals surface area contributed by atoms with E-state index in [-0.39, 0.29) is 17.3 Å². The van der Waals surface area contributed by atoms with Crippen molar-refractivity contribution in [2.75, 3.05) is 17.4 Å². The van der Waals surface area contributed by atoms with E-state index in [2.05, 4.69) is 5.32 Å². The fraction of sp³-hybridized carbons (Fsp3) is 0.333. The molecule has 3 rings (SSSR count). The molecule has 8 heteroatoms. The number of nitrogens with zero attached hydrogens (tertiary/aromatic N) is 2. The molecule has 1 N–H and O–H groups in total. The van der Waals surface area contributed by atoms with Gasteiger partial charge in [0.05, 0.1) is 10.6 Å². The molecule has 0 bridgehead atoms. The lowest BCUT2D eigenvalue weighted by molar-refractivity contribution is -0.139. The van der Waals surface area contributed by atoms with Gasteiger partial charge in [0, 0.05) is 12.1 Å². The molecule has 3 aromatic carbocycles. The van der Waals surface area contributed by atoms with E-state index in [4.69, 9.17) is 0 Å². The minimum absolute atomic E-state index is 0.0883. The predicted molar refractivity (Wildman–Crippen MR) is 151 cm³/mol. The van der Waals surface area contributed by atoms with Gasteiger partial charge in [-0.1, -0.05) is 66.7 Å². The van der Waals surface area contributed by atoms with Crippen molar-refractivity contribution in [3.05, 3.63) is 96.1 Å². The molecule has 3 aromatic rings. The summed E-state index contributed by atoms with van der Waals surface area (Å²) in [7, 11) is -4.06. The maximum absolute atomic E-state index is 13.9. The molecule has 0 aliphatic heterocycles. The summed E-state index contributed by atoms with van der Waals surface area (Å²) in [5.41, 5.74) is 1.67. The van der Waals surface area contributed by atoms with E-state index in [0.29, 0.717) is 17.7 Å². The minimum Gasteiger partial charge on any atom is -0.350 e. The lowest BCUT2D eigenvalue weighted by atomic mass is 10.1. The largest absolute Gasteiger partial charge is 0.350 e. The van der Waals surface area contributed by atoms with E-state index >= 15 is 0 Å². The highest BCUT2D eigenvalue weighted by molar-refractivity contribution is 7.92. The van der Waals surface area contributed by atoms with Gasteiger partial charge < -0.3 is 10.2 Å². The molecule has 0 saturated carbocycles. The highest BCUT2D eigenvalue weighted by atomic mass is 32.2. The molecule has 0 aliphatic rings. The van der Waals surface area contributed by atoms with Crippen LogP contribution >= 0.6 is 0 Å². The number of hydrogen-bond donors (Lipinski definition) is 1. The summed E-state index contributed by atoms with van der Waals surface area (Å²) in [5, 5.41) is 2.94. The first kappa shape index (κ1) is 28.9. The second kappa shape index (κ2) is 12.3. The first-order valence-electron chi connectivity index (χ1n) is 12.7. The molecule has 7 nitrogen and oxygen atoms in total. The number of anilines is 1. The van der Waals surface area contributed by atoms with Crippen molar-refractivity contribution in [2.45, 2.75) is 57.5 Å². The van der Waals surface area contributed by atoms with Crippen molar-refractivity contribution in [3.8, 4) is 0 Å². The van der Waals surface area contributed by atoms with Gasteiger partial charge in [-0.2, -0.15) is 0 Å². The standard InChI is InChI=1S/C30H37N3O4S/c1-23-14-12-13-19-27(23)33(38(36,37)26-17-10-7-11-18-26)22-28(34)32(21-20-25-15-8-6-9-16-25)24(2)29(35)31-30(3,4)5/h6-19,24H,20-22H2,1-5H3,(H,31,35)/t24-/m1/s1. The smallest absolute Gasteiger partial charge is 0.264 e. The molecule has 202 valence electrons. The van der Waals surface area contributed by atoms with Gasteiger partial charge in [-0.15, -0.1) is 0 Å². The quantitative estimate of drug-likeness (QED) is 0.412. The van der Waals surface area contributed by atoms with Crippen LogP contribution in [0.3, 0.4) is 0 Å². The van der Waals surface area contributed by atoms with Crippen LogP contribution in [0.1, 0.15) is 38.8 Å². The normalized spacial score (nSPS) is 12.4. The van der Waals surface area contributed by atoms with Crippen LogP contribution < -0.4 is 9.62 Å². The second-order valence-electron chi connectivity index (χ2n) is 10.3. The maximum atomic E-state index is 13.9. The summed E-state index contributed by atoms with van der Waals surface area (Å²) < 4.78 is 28.7. The fourth-order valence-electron chi connectivity index (χ4n) is 4.12. The van der Waals surface area contributed by atoms with Crippen molar-refractivity contribution < 1.29 is 18.0 Å². The van der Waals surface area contributed by atoms with Crippen LogP contribution in [0.4, 0.5) is 5.69 Å². The number of sulfonamides is 1. The third-order valence-electron chi connectivity index (χ3n) is 6.14. The molecule has 0 saturated heterocycles. The Hall–Kier alpha value is -3.65. The topological polar surface area (TPSA) is 86.8 Å². The average Bonchev–Trinajstić information content (AvgIpc) is 2.88. The Morgan fingerprint density at radius 2 is 1.42 bits per heavy atom. The van der Waals surface area contributed by atoms with Crippen LogP contribution in [0.25, 0.3) is 0 Å². The number of benzene rings is 3. The number of aryl methyl sites for hydroxylation is 1. The van der Waals surface area contributed by atoms with Crippen LogP contribution in [-0.4, -0.2) is 49.8 Å². The monoisotopic (exact) mass is 535 g/mol. The summed E-state index contributed by atoms with van der Waals surface area (Å²) in [6, 6.07) is 24.0. The number of carbonyl (C=O) groups excluding carboxylic acids is 2. The van der Waals surface area contributed by atoms with E-state index in [0.717, 1.165) is 9.87 Å². The van der Waals surface area contributed by atoms with Gasteiger partial charge in [0.15, 0.2) is 0 Å². The minimum atomic E-state index is -4.06. The second-order valence-corrected chi connectivity index (χ2v) is 12.2. The summed E-state index contributed by atoms with van der Waals surface area (Å²) in [6.07, 6.45) is 0.523. The Bertz CT molecular complexity index is 1340. The van der Waals surface area contributed by atoms with Crippen LogP contribution in [0.15, 0.2) is 89.8 Å². The molecule has 0 radical (unpaired) electrons. The van der Waals surface area contributed by atoms with E-state index in [1.165, 1.54) is 17.0 Å². The van der Waals surface area contributed by atoms with Crippen molar-refractivity contribution in [2.24, 2.45) is 0 Å². The van der Waals surface area contributed by atoms with Crippen LogP contribution in [-0.2, 0) is 26.0 Å². The average molecular weight is 536 g/mol. The zero-order chi connectivity index (χ0) is 27.9. The highest BCUT2D eigenvalue weighted by Crippen LogP contribution is 2.27. The van der Waals surface area contributed by atoms with Crippen molar-refractivity contribution in [1.29, 1.82) is 0 Å². The number of para-hydroxylation sites is 1. The van der Waals surface area contributed by atoms with Gasteiger partial charge in [0.2, 0.25) is 11.8 Å². The lowest BCUT2D eigenvalue weighted by Gasteiger charge is -2.33. The van der Waals surface area contributed by atoms with Gasteiger partial charge >= 0.3 is 0 Å². The van der Waals surface area contributed by atoms with Gasteiger partial charge in [0.1, 0.15) is 12.6 Å². The van der Waals surface area contributed by atoms with Crippen molar-refractivity contribution in [1.82, 2.24) is 10.2 Å². The highest BCUT2D eigenvalue weighted by Gasteiger charge is 2.33. The number of nitrogens with one attached hydrogen (secondary N) is 1. The molecule has 0 heterocycles. The molecule has 0 unspecified atom stereocenters. The molecule has 0 spiro atoms. The van der Waals surface area contributed by atoms with Gasteiger partial charge in [-0.3, -0.25) is 13.9 Å². The van der Waals surface area contributed by atoms with Crippen LogP contribution in [0.2, 0.25) is 0 Å². The van der Waals surface area contributed by atoms with Gasteiger partial charge in [-0.05, 0) is 70.4 Å². The molecule has 2 amide bonds. The molecule has 38 heavy (non-hydrogen) atoms. The van der Waals surface area contributed by atoms with Gasteiger partial charge in [-0.25, -0.2) is 8.42 Å². The maximum Gasteiger partial charge on any atom is 0.264 e. The molecular weight excluding hydrogens is 498 g/mol. The lowest BCUT2D eigenvalue weighted by Crippen LogP contribution is -2.55. The summed E-state index contributed by atoms with van der Waals surface area (Å²) in [6.45, 7) is 8.92. The Morgan fingerprint density at radius 1 is 0.868 bits per heavy atom. The number of amides is 2. The zero-order valence-electron chi connectivity index (χ0n) is 22.7. The van der Waals surface area contributed by atoms with E-state index < -0.39 is 34.1 Å². The first-order valence-corrected chi connectivity index (χ1v) is 14.1. The number of hydrogen-bond acceptors (Lipinski definition) is 4. The number of rotatable bonds is 10. The molecular formula is C30H37N3O4S. The molecule has 0 aromatic heterocycles. The third-order valence-corrected chi connectivity index (χ3v) is 7.92. The van der Waals surface area contributed by atoms with Crippen molar-refractivity contribution >= 4 is 27.5 Å². The third kappa shape index (κ3) is 7.44. The Labute approximate surface area is 226 Å². The first-order chi connectivity index (χ1) is 17.9. The zero-order valence-corrected chi connectivity index (χ0v) is 23.5. The van der Waals surface area contributed by atoms with Gasteiger partial charge in [0.25, 0.3) is 10.0 Å². The van der Waals surface area contributed by atoms with E-state index in [9.17, 15) is 18.0 Å². The Balaban J connectivity index is 1.98. The van der Waals surface area contributed by atoms with E-state index in [1.807, 2.05) is 57.2 Å². The number of carbonyl (C=O) groups is 2. The van der Waals surface area contributed by atoms with Crippen molar-refractivity contribution in [3.63, 3.8) is 0 Å². The fourth-order valence-corrected chi connectivity index (χ4v) is 5.62. The van der Waals surface area contributed by atoms with E-state index in [1.54, 1.807) is 50.2 Å². The Morgan fingerprint density at radius 3 is 2.00 bits per heavy atom. The SMILES string of the molecule is Cc1ccccc1N(CC(=O)N(CCc1ccccc1)[C@H](C)C(=O)NC(C)(C)C)S(=O)(=O)c1ccccc1. The summed E-state index contributed by atoms with van der Waals surface area (Å²) in [5.74, 6) is -0.757. The Kier molecular flexibility index (Phi) is 9.33. The van der Waals surface area contributed by atoms with Crippen LogP contribution in [0.5, 0.6) is 0 Å². The summed E-state index contributed by atoms with van der Waals surface area (Å²) >= 11 is 0. The van der Waals surface area contributed by atoms with Crippen LogP contribution in [0, 0.1) is 6.92 Å². The molecule has 1 atom stereocenters. The predicted octanol–water partition coefficient (Wildman–Crippen LogP) is 4.56. The molecule has 0 aliphatic carbocycles. The molecule has 0 fully saturated rings.